The largest absolute Gasteiger partial charge is 0.390 e. The number of hydrogen-bond acceptors (Lipinski definition) is 4. The molecule has 4 fully saturated rings. The van der Waals surface area contributed by atoms with Crippen LogP contribution in [0.5, 0.6) is 0 Å². The average Bonchev–Trinajstić information content (AvgIpc) is 2.94. The summed E-state index contributed by atoms with van der Waals surface area (Å²) in [6.07, 6.45) is 2.86. The van der Waals surface area contributed by atoms with Crippen molar-refractivity contribution in [3.05, 3.63) is 0 Å². The van der Waals surface area contributed by atoms with Gasteiger partial charge in [-0.1, -0.05) is 13.3 Å². The van der Waals surface area contributed by atoms with Crippen LogP contribution in [0.15, 0.2) is 0 Å². The van der Waals surface area contributed by atoms with Crippen molar-refractivity contribution in [1.29, 1.82) is 0 Å². The second-order valence-electron chi connectivity index (χ2n) is 6.16. The Bertz CT molecular complexity index is 346. The second-order valence-corrected chi connectivity index (χ2v) is 6.16. The molecule has 2 aliphatic heterocycles. The van der Waals surface area contributed by atoms with E-state index < -0.39 is 12.1 Å². The van der Waals surface area contributed by atoms with Gasteiger partial charge in [-0.25, -0.2) is 0 Å². The van der Waals surface area contributed by atoms with E-state index in [9.17, 15) is 10.2 Å². The van der Waals surface area contributed by atoms with E-state index in [0.717, 1.165) is 25.7 Å². The van der Waals surface area contributed by atoms with Crippen LogP contribution in [0.3, 0.4) is 0 Å². The predicted molar refractivity (Wildman–Crippen MR) is 58.8 cm³/mol. The van der Waals surface area contributed by atoms with Gasteiger partial charge in [-0.15, -0.1) is 0 Å². The van der Waals surface area contributed by atoms with E-state index in [1.54, 1.807) is 0 Å². The summed E-state index contributed by atoms with van der Waals surface area (Å²) in [6.45, 7) is 2.15. The van der Waals surface area contributed by atoms with Gasteiger partial charge in [0.05, 0.1) is 12.2 Å². The van der Waals surface area contributed by atoms with Crippen molar-refractivity contribution in [1.82, 2.24) is 0 Å². The highest BCUT2D eigenvalue weighted by Crippen LogP contribution is 2.68. The first-order valence-electron chi connectivity index (χ1n) is 6.90. The molecule has 0 aromatic rings. The molecule has 96 valence electrons. The minimum absolute atomic E-state index is 0.0365. The maximum absolute atomic E-state index is 10.2. The molecule has 4 rings (SSSR count). The van der Waals surface area contributed by atoms with Gasteiger partial charge in [0.15, 0.2) is 12.1 Å². The van der Waals surface area contributed by atoms with E-state index in [1.807, 2.05) is 0 Å². The first-order chi connectivity index (χ1) is 8.18. The van der Waals surface area contributed by atoms with Crippen LogP contribution in [-0.4, -0.2) is 34.5 Å². The molecule has 2 bridgehead atoms. The number of aliphatic hydroxyl groups is 2. The van der Waals surface area contributed by atoms with Crippen molar-refractivity contribution < 1.29 is 19.7 Å². The van der Waals surface area contributed by atoms with Crippen LogP contribution in [0.1, 0.15) is 32.6 Å². The Labute approximate surface area is 101 Å². The second kappa shape index (κ2) is 3.23. The Kier molecular flexibility index (Phi) is 2.04. The topological polar surface area (TPSA) is 58.9 Å². The normalized spacial score (nSPS) is 62.6. The molecular weight excluding hydrogens is 220 g/mol. The van der Waals surface area contributed by atoms with Crippen molar-refractivity contribution in [2.75, 3.05) is 0 Å². The lowest BCUT2D eigenvalue weighted by atomic mass is 9.76. The van der Waals surface area contributed by atoms with E-state index >= 15 is 0 Å². The predicted octanol–water partition coefficient (Wildman–Crippen LogP) is 0.863. The highest BCUT2D eigenvalue weighted by molar-refractivity contribution is 5.18. The molecule has 4 aliphatic rings. The number of ether oxygens (including phenoxy) is 2. The molecule has 0 amide bonds. The Balaban J connectivity index is 1.71. The highest BCUT2D eigenvalue weighted by Gasteiger charge is 2.76. The van der Waals surface area contributed by atoms with Crippen LogP contribution in [0.4, 0.5) is 0 Å². The van der Waals surface area contributed by atoms with Crippen molar-refractivity contribution in [3.63, 3.8) is 0 Å². The molecule has 2 saturated heterocycles. The molecule has 17 heavy (non-hydrogen) atoms. The fraction of sp³-hybridized carbons (Fsp3) is 1.00. The van der Waals surface area contributed by atoms with Gasteiger partial charge in [0.25, 0.3) is 0 Å². The zero-order valence-corrected chi connectivity index (χ0v) is 10.1. The van der Waals surface area contributed by atoms with Crippen molar-refractivity contribution >= 4 is 0 Å². The van der Waals surface area contributed by atoms with Gasteiger partial charge < -0.3 is 19.7 Å². The van der Waals surface area contributed by atoms with Crippen molar-refractivity contribution in [2.24, 2.45) is 23.7 Å². The zero-order chi connectivity index (χ0) is 11.8. The van der Waals surface area contributed by atoms with Crippen LogP contribution in [0.2, 0.25) is 0 Å². The number of unbranched alkanes of at least 4 members (excludes halogenated alkanes) is 1. The Morgan fingerprint density at radius 3 is 2.82 bits per heavy atom. The molecule has 4 nitrogen and oxygen atoms in total. The fourth-order valence-corrected chi connectivity index (χ4v) is 4.94. The van der Waals surface area contributed by atoms with Gasteiger partial charge in [-0.2, -0.15) is 0 Å². The Morgan fingerprint density at radius 1 is 1.24 bits per heavy atom. The molecular formula is C13H20O4. The third-order valence-electron chi connectivity index (χ3n) is 5.48. The number of aliphatic hydroxyl groups excluding tert-OH is 2. The van der Waals surface area contributed by atoms with Gasteiger partial charge in [-0.3, -0.25) is 0 Å². The molecule has 0 aromatic heterocycles. The summed E-state index contributed by atoms with van der Waals surface area (Å²) in [6, 6.07) is 0. The summed E-state index contributed by atoms with van der Waals surface area (Å²) in [4.78, 5) is 0. The third kappa shape index (κ3) is 1.09. The summed E-state index contributed by atoms with van der Waals surface area (Å²) < 4.78 is 11.9. The van der Waals surface area contributed by atoms with Gasteiger partial charge in [0.1, 0.15) is 0 Å². The van der Waals surface area contributed by atoms with Gasteiger partial charge in [-0.05, 0) is 24.7 Å². The lowest BCUT2D eigenvalue weighted by Gasteiger charge is -2.30. The van der Waals surface area contributed by atoms with Crippen LogP contribution >= 0.6 is 0 Å². The van der Waals surface area contributed by atoms with Gasteiger partial charge >= 0.3 is 0 Å². The average molecular weight is 240 g/mol. The molecule has 8 atom stereocenters. The summed E-state index contributed by atoms with van der Waals surface area (Å²) in [7, 11) is 0. The van der Waals surface area contributed by atoms with Crippen LogP contribution < -0.4 is 0 Å². The monoisotopic (exact) mass is 240 g/mol. The number of hydrogen-bond donors (Lipinski definition) is 2. The Hall–Kier alpha value is -0.160. The standard InChI is InChI=1S/C13H20O4/c1-2-3-4-13-9-7-5-6(8(9)12(15)17-13)10(14)11(7)16-13/h6-12,14-15H,2-5H2,1H3/t6?,7?,8?,9?,10-,11?,12+,13?/m0/s1. The van der Waals surface area contributed by atoms with Gasteiger partial charge in [0.2, 0.25) is 0 Å². The molecule has 2 saturated carbocycles. The fourth-order valence-electron chi connectivity index (χ4n) is 4.94. The lowest BCUT2D eigenvalue weighted by molar-refractivity contribution is -0.285. The van der Waals surface area contributed by atoms with Crippen LogP contribution in [0, 0.1) is 23.7 Å². The number of rotatable bonds is 3. The van der Waals surface area contributed by atoms with Crippen LogP contribution in [-0.2, 0) is 9.47 Å². The van der Waals surface area contributed by atoms with E-state index in [-0.39, 0.29) is 24.0 Å². The maximum Gasteiger partial charge on any atom is 0.175 e. The van der Waals surface area contributed by atoms with E-state index in [0.29, 0.717) is 11.8 Å². The summed E-state index contributed by atoms with van der Waals surface area (Å²) in [5.41, 5.74) is 0. The molecule has 0 aromatic carbocycles. The van der Waals surface area contributed by atoms with E-state index in [1.165, 1.54) is 0 Å². The van der Waals surface area contributed by atoms with Gasteiger partial charge in [0, 0.05) is 18.3 Å². The SMILES string of the molecule is CCCCC12OC3C4CC(C(C41)[C@H](O)O2)[C@@H]3O. The summed E-state index contributed by atoms with van der Waals surface area (Å²) in [5, 5.41) is 20.3. The first kappa shape index (κ1) is 10.7. The highest BCUT2D eigenvalue weighted by atomic mass is 16.8. The Morgan fingerprint density at radius 2 is 2.06 bits per heavy atom. The van der Waals surface area contributed by atoms with Crippen LogP contribution in [0.25, 0.3) is 0 Å². The molecule has 0 spiro atoms. The molecule has 2 heterocycles. The number of fused-ring (bicyclic) bond motifs is 2. The maximum atomic E-state index is 10.2. The molecule has 6 unspecified atom stereocenters. The summed E-state index contributed by atoms with van der Waals surface area (Å²) >= 11 is 0. The quantitative estimate of drug-likeness (QED) is 0.768. The smallest absolute Gasteiger partial charge is 0.175 e. The zero-order valence-electron chi connectivity index (χ0n) is 10.1. The molecule has 2 N–H and O–H groups in total. The van der Waals surface area contributed by atoms with Crippen molar-refractivity contribution in [2.45, 2.75) is 56.9 Å². The minimum Gasteiger partial charge on any atom is -0.390 e. The molecule has 2 aliphatic carbocycles. The first-order valence-corrected chi connectivity index (χ1v) is 6.90. The third-order valence-corrected chi connectivity index (χ3v) is 5.48. The summed E-state index contributed by atoms with van der Waals surface area (Å²) in [5.74, 6) is 0.444. The minimum atomic E-state index is -0.734. The van der Waals surface area contributed by atoms with E-state index in [4.69, 9.17) is 9.47 Å². The molecule has 4 heteroatoms. The van der Waals surface area contributed by atoms with Crippen molar-refractivity contribution in [3.8, 4) is 0 Å². The lowest BCUT2D eigenvalue weighted by Crippen LogP contribution is -2.41. The molecule has 0 radical (unpaired) electrons. The van der Waals surface area contributed by atoms with E-state index in [2.05, 4.69) is 6.92 Å².